The van der Waals surface area contributed by atoms with Crippen LogP contribution in [0.15, 0.2) is 29.8 Å². The molecule has 21 heavy (non-hydrogen) atoms. The van der Waals surface area contributed by atoms with Gasteiger partial charge in [-0.05, 0) is 38.3 Å². The van der Waals surface area contributed by atoms with Gasteiger partial charge < -0.3 is 10.1 Å². The van der Waals surface area contributed by atoms with E-state index in [0.29, 0.717) is 13.0 Å². The number of amides is 1. The molecular weight excluding hydrogens is 266 g/mol. The van der Waals surface area contributed by atoms with Gasteiger partial charge in [-0.3, -0.25) is 9.59 Å². The summed E-state index contributed by atoms with van der Waals surface area (Å²) >= 11 is 0. The van der Waals surface area contributed by atoms with Crippen LogP contribution in [-0.2, 0) is 20.7 Å². The van der Waals surface area contributed by atoms with Crippen molar-refractivity contribution in [3.05, 3.63) is 41.0 Å². The molecule has 1 amide bonds. The van der Waals surface area contributed by atoms with Crippen LogP contribution >= 0.6 is 0 Å². The molecule has 1 aromatic rings. The zero-order valence-corrected chi connectivity index (χ0v) is 12.9. The Morgan fingerprint density at radius 1 is 1.29 bits per heavy atom. The van der Waals surface area contributed by atoms with E-state index in [1.165, 1.54) is 6.92 Å². The summed E-state index contributed by atoms with van der Waals surface area (Å²) in [5, 5.41) is 2.88. The number of nitrogens with one attached hydrogen (secondary N) is 1. The molecule has 1 N–H and O–H groups in total. The number of carbonyl (C=O) groups is 2. The Bertz CT molecular complexity index is 614. The summed E-state index contributed by atoms with van der Waals surface area (Å²) in [6, 6.07) is 7.88. The molecule has 0 spiro atoms. The Morgan fingerprint density at radius 2 is 1.95 bits per heavy atom. The predicted molar refractivity (Wildman–Crippen MR) is 81.3 cm³/mol. The van der Waals surface area contributed by atoms with Crippen LogP contribution in [0.3, 0.4) is 0 Å². The fourth-order valence-corrected chi connectivity index (χ4v) is 2.65. The largest absolute Gasteiger partial charge is 0.465 e. The number of carbonyl (C=O) groups excluding carboxylic acids is 2. The summed E-state index contributed by atoms with van der Waals surface area (Å²) in [5.74, 6) is -0.408. The van der Waals surface area contributed by atoms with E-state index in [1.54, 1.807) is 6.92 Å². The number of esters is 1. The smallest absolute Gasteiger partial charge is 0.315 e. The first kappa shape index (κ1) is 15.3. The second-order valence-electron chi connectivity index (χ2n) is 5.71. The third kappa shape index (κ3) is 2.84. The van der Waals surface area contributed by atoms with Crippen molar-refractivity contribution in [1.82, 2.24) is 5.32 Å². The molecular formula is C17H21NO3. The minimum absolute atomic E-state index is 0.140. The SMILES string of the molecule is CCOC(=O)C(C)(C)C1=C(NC(C)=O)c2ccccc2C1. The molecule has 0 saturated heterocycles. The first-order valence-corrected chi connectivity index (χ1v) is 7.14. The van der Waals surface area contributed by atoms with E-state index in [4.69, 9.17) is 4.74 Å². The number of hydrogen-bond acceptors (Lipinski definition) is 3. The van der Waals surface area contributed by atoms with Crippen LogP contribution in [0.25, 0.3) is 5.70 Å². The van der Waals surface area contributed by atoms with Crippen LogP contribution in [0.4, 0.5) is 0 Å². The van der Waals surface area contributed by atoms with E-state index in [1.807, 2.05) is 38.1 Å². The van der Waals surface area contributed by atoms with Crippen LogP contribution in [0.5, 0.6) is 0 Å². The van der Waals surface area contributed by atoms with Crippen molar-refractivity contribution < 1.29 is 14.3 Å². The topological polar surface area (TPSA) is 55.4 Å². The standard InChI is InChI=1S/C17H21NO3/c1-5-21-16(20)17(3,4)14-10-12-8-6-7-9-13(12)15(14)18-11(2)19/h6-9H,5,10H2,1-4H3,(H,18,19). The molecule has 1 aliphatic carbocycles. The van der Waals surface area contributed by atoms with Gasteiger partial charge in [-0.25, -0.2) is 0 Å². The van der Waals surface area contributed by atoms with Crippen LogP contribution in [-0.4, -0.2) is 18.5 Å². The molecule has 0 saturated carbocycles. The minimum atomic E-state index is -0.771. The van der Waals surface area contributed by atoms with Gasteiger partial charge in [0.25, 0.3) is 0 Å². The first-order chi connectivity index (χ1) is 9.87. The van der Waals surface area contributed by atoms with Gasteiger partial charge in [0, 0.05) is 18.2 Å². The van der Waals surface area contributed by atoms with Gasteiger partial charge in [0.05, 0.1) is 12.0 Å². The summed E-state index contributed by atoms with van der Waals surface area (Å²) in [6.45, 7) is 7.30. The Balaban J connectivity index is 2.49. The van der Waals surface area contributed by atoms with Crippen LogP contribution < -0.4 is 5.32 Å². The van der Waals surface area contributed by atoms with Gasteiger partial charge in [-0.15, -0.1) is 0 Å². The van der Waals surface area contributed by atoms with Crippen molar-refractivity contribution in [2.24, 2.45) is 5.41 Å². The number of rotatable bonds is 4. The maximum absolute atomic E-state index is 12.3. The molecule has 0 aromatic heterocycles. The second kappa shape index (κ2) is 5.72. The van der Waals surface area contributed by atoms with Crippen molar-refractivity contribution in [3.63, 3.8) is 0 Å². The van der Waals surface area contributed by atoms with E-state index in [2.05, 4.69) is 5.32 Å². The van der Waals surface area contributed by atoms with Gasteiger partial charge in [-0.2, -0.15) is 0 Å². The molecule has 0 bridgehead atoms. The van der Waals surface area contributed by atoms with Crippen LogP contribution in [0.2, 0.25) is 0 Å². The Hall–Kier alpha value is -2.10. The van der Waals surface area contributed by atoms with E-state index < -0.39 is 5.41 Å². The molecule has 0 heterocycles. The van der Waals surface area contributed by atoms with Crippen molar-refractivity contribution in [1.29, 1.82) is 0 Å². The molecule has 0 aliphatic heterocycles. The average molecular weight is 287 g/mol. The molecule has 4 nitrogen and oxygen atoms in total. The highest BCUT2D eigenvalue weighted by atomic mass is 16.5. The molecule has 1 aromatic carbocycles. The second-order valence-corrected chi connectivity index (χ2v) is 5.71. The molecule has 112 valence electrons. The predicted octanol–water partition coefficient (Wildman–Crippen LogP) is 2.68. The third-order valence-electron chi connectivity index (χ3n) is 3.80. The highest BCUT2D eigenvalue weighted by Gasteiger charge is 2.39. The molecule has 2 rings (SSSR count). The number of hydrogen-bond donors (Lipinski definition) is 1. The van der Waals surface area contributed by atoms with Crippen LogP contribution in [0.1, 0.15) is 38.8 Å². The third-order valence-corrected chi connectivity index (χ3v) is 3.80. The zero-order valence-electron chi connectivity index (χ0n) is 12.9. The van der Waals surface area contributed by atoms with Crippen molar-refractivity contribution in [3.8, 4) is 0 Å². The van der Waals surface area contributed by atoms with E-state index >= 15 is 0 Å². The normalized spacial score (nSPS) is 13.9. The minimum Gasteiger partial charge on any atom is -0.465 e. The lowest BCUT2D eigenvalue weighted by Crippen LogP contribution is -2.31. The van der Waals surface area contributed by atoms with E-state index in [0.717, 1.165) is 22.4 Å². The maximum atomic E-state index is 12.3. The highest BCUT2D eigenvalue weighted by molar-refractivity contribution is 5.92. The Morgan fingerprint density at radius 3 is 2.57 bits per heavy atom. The Labute approximate surface area is 125 Å². The zero-order chi connectivity index (χ0) is 15.6. The highest BCUT2D eigenvalue weighted by Crippen LogP contribution is 2.41. The monoisotopic (exact) mass is 287 g/mol. The molecule has 0 fully saturated rings. The molecule has 1 aliphatic rings. The van der Waals surface area contributed by atoms with Gasteiger partial charge in [0.2, 0.25) is 5.91 Å². The van der Waals surface area contributed by atoms with E-state index in [9.17, 15) is 9.59 Å². The summed E-state index contributed by atoms with van der Waals surface area (Å²) in [6.07, 6.45) is 0.650. The lowest BCUT2D eigenvalue weighted by Gasteiger charge is -2.25. The lowest BCUT2D eigenvalue weighted by atomic mass is 9.82. The summed E-state index contributed by atoms with van der Waals surface area (Å²) in [5.41, 5.74) is 2.98. The van der Waals surface area contributed by atoms with Gasteiger partial charge >= 0.3 is 5.97 Å². The average Bonchev–Trinajstić information content (AvgIpc) is 2.78. The summed E-state index contributed by atoms with van der Waals surface area (Å²) in [7, 11) is 0. The Kier molecular flexibility index (Phi) is 4.16. The molecule has 0 atom stereocenters. The maximum Gasteiger partial charge on any atom is 0.315 e. The van der Waals surface area contributed by atoms with Crippen molar-refractivity contribution in [2.75, 3.05) is 6.61 Å². The fourth-order valence-electron chi connectivity index (χ4n) is 2.65. The van der Waals surface area contributed by atoms with Gasteiger partial charge in [0.15, 0.2) is 0 Å². The van der Waals surface area contributed by atoms with Gasteiger partial charge in [0.1, 0.15) is 0 Å². The van der Waals surface area contributed by atoms with E-state index in [-0.39, 0.29) is 11.9 Å². The summed E-state index contributed by atoms with van der Waals surface area (Å²) in [4.78, 5) is 23.8. The van der Waals surface area contributed by atoms with Crippen LogP contribution in [0, 0.1) is 5.41 Å². The quantitative estimate of drug-likeness (QED) is 0.866. The lowest BCUT2D eigenvalue weighted by molar-refractivity contribution is -0.151. The summed E-state index contributed by atoms with van der Waals surface area (Å²) < 4.78 is 5.19. The number of ether oxygens (including phenoxy) is 1. The van der Waals surface area contributed by atoms with Crippen molar-refractivity contribution >= 4 is 17.6 Å². The fraction of sp³-hybridized carbons (Fsp3) is 0.412. The first-order valence-electron chi connectivity index (χ1n) is 7.14. The molecule has 0 radical (unpaired) electrons. The number of fused-ring (bicyclic) bond motifs is 1. The van der Waals surface area contributed by atoms with Crippen molar-refractivity contribution in [2.45, 2.75) is 34.1 Å². The molecule has 0 unspecified atom stereocenters. The number of benzene rings is 1. The molecule has 4 heteroatoms. The van der Waals surface area contributed by atoms with Gasteiger partial charge in [-0.1, -0.05) is 24.3 Å².